The van der Waals surface area contributed by atoms with Crippen LogP contribution in [0, 0.1) is 11.3 Å². The van der Waals surface area contributed by atoms with E-state index in [1.54, 1.807) is 23.6 Å². The van der Waals surface area contributed by atoms with Crippen molar-refractivity contribution in [1.29, 1.82) is 5.26 Å². The van der Waals surface area contributed by atoms with Crippen molar-refractivity contribution in [3.8, 4) is 6.07 Å². The molecule has 7 heteroatoms. The normalized spacial score (nSPS) is 15.2. The van der Waals surface area contributed by atoms with Crippen molar-refractivity contribution in [3.05, 3.63) is 57.0 Å². The van der Waals surface area contributed by atoms with E-state index in [1.165, 1.54) is 34.7 Å². The lowest BCUT2D eigenvalue weighted by Gasteiger charge is -2.30. The summed E-state index contributed by atoms with van der Waals surface area (Å²) < 4.78 is 0. The lowest BCUT2D eigenvalue weighted by atomic mass is 9.94. The number of anilines is 2. The fraction of sp³-hybridized carbons (Fsp3) is 0.435. The second-order valence-electron chi connectivity index (χ2n) is 7.77. The van der Waals surface area contributed by atoms with E-state index in [4.69, 9.17) is 10.2 Å². The number of nitrogens with one attached hydrogen (secondary N) is 1. The Morgan fingerprint density at radius 1 is 1.20 bits per heavy atom. The van der Waals surface area contributed by atoms with E-state index in [9.17, 15) is 0 Å². The first kappa shape index (κ1) is 21.0. The fourth-order valence-corrected chi connectivity index (χ4v) is 5.70. The first-order chi connectivity index (χ1) is 14.7. The molecule has 1 N–H and O–H groups in total. The summed E-state index contributed by atoms with van der Waals surface area (Å²) in [7, 11) is 0. The maximum Gasteiger partial charge on any atom is 0.187 e. The van der Waals surface area contributed by atoms with Crippen LogP contribution in [0.1, 0.15) is 59.7 Å². The molecule has 4 heterocycles. The molecule has 3 aromatic rings. The Morgan fingerprint density at radius 3 is 2.77 bits per heavy atom. The number of nitriles is 1. The van der Waals surface area contributed by atoms with Crippen LogP contribution in [0.4, 0.5) is 10.8 Å². The molecular formula is C23H27N5S2. The molecule has 0 saturated carbocycles. The number of thiazole rings is 1. The average Bonchev–Trinajstić information content (AvgIpc) is 3.43. The molecule has 4 rings (SSSR count). The molecule has 0 amide bonds. The third-order valence-electron chi connectivity index (χ3n) is 5.53. The Hall–Kier alpha value is -2.27. The van der Waals surface area contributed by atoms with Crippen molar-refractivity contribution < 1.29 is 0 Å². The Kier molecular flexibility index (Phi) is 7.11. The van der Waals surface area contributed by atoms with Gasteiger partial charge < -0.3 is 5.32 Å². The summed E-state index contributed by atoms with van der Waals surface area (Å²) in [6.07, 6.45) is 7.78. The van der Waals surface area contributed by atoms with Crippen molar-refractivity contribution in [2.45, 2.75) is 51.5 Å². The molecule has 5 nitrogen and oxygen atoms in total. The second kappa shape index (κ2) is 10.2. The van der Waals surface area contributed by atoms with E-state index in [0.717, 1.165) is 43.3 Å². The quantitative estimate of drug-likeness (QED) is 0.473. The molecule has 0 radical (unpaired) electrons. The summed E-state index contributed by atoms with van der Waals surface area (Å²) in [6, 6.07) is 10.3. The van der Waals surface area contributed by atoms with Crippen LogP contribution in [0.15, 0.2) is 35.8 Å². The van der Waals surface area contributed by atoms with Gasteiger partial charge >= 0.3 is 0 Å². The van der Waals surface area contributed by atoms with Crippen molar-refractivity contribution in [3.63, 3.8) is 0 Å². The first-order valence-corrected chi connectivity index (χ1v) is 12.3. The minimum atomic E-state index is 0.423. The van der Waals surface area contributed by atoms with Gasteiger partial charge in [-0.3, -0.25) is 4.90 Å². The predicted octanol–water partition coefficient (Wildman–Crippen LogP) is 5.94. The Morgan fingerprint density at radius 2 is 2.03 bits per heavy atom. The Labute approximate surface area is 186 Å². The van der Waals surface area contributed by atoms with E-state index in [-0.39, 0.29) is 0 Å². The smallest absolute Gasteiger partial charge is 0.187 e. The van der Waals surface area contributed by atoms with E-state index < -0.39 is 0 Å². The zero-order valence-electron chi connectivity index (χ0n) is 17.3. The van der Waals surface area contributed by atoms with E-state index in [1.807, 2.05) is 23.5 Å². The van der Waals surface area contributed by atoms with Gasteiger partial charge in [-0.2, -0.15) is 5.26 Å². The molecule has 0 aromatic carbocycles. The molecule has 1 fully saturated rings. The lowest BCUT2D eigenvalue weighted by molar-refractivity contribution is 0.205. The topological polar surface area (TPSA) is 64.8 Å². The zero-order chi connectivity index (χ0) is 20.8. The largest absolute Gasteiger partial charge is 0.330 e. The van der Waals surface area contributed by atoms with Gasteiger partial charge in [-0.1, -0.05) is 13.3 Å². The highest BCUT2D eigenvalue weighted by Crippen LogP contribution is 2.32. The number of likely N-dealkylation sites (tertiary alicyclic amines) is 1. The number of aromatic nitrogens is 2. The summed E-state index contributed by atoms with van der Waals surface area (Å²) >= 11 is 3.62. The number of unbranched alkanes of at least 4 members (excludes halogenated alkanes) is 1. The number of pyridine rings is 1. The molecule has 1 aliphatic rings. The van der Waals surface area contributed by atoms with Crippen LogP contribution in [-0.4, -0.2) is 28.0 Å². The van der Waals surface area contributed by atoms with Crippen LogP contribution in [0.5, 0.6) is 0 Å². The third-order valence-corrected chi connectivity index (χ3v) is 7.44. The Balaban J connectivity index is 1.27. The molecule has 30 heavy (non-hydrogen) atoms. The maximum atomic E-state index is 8.85. The highest BCUT2D eigenvalue weighted by Gasteiger charge is 2.23. The minimum absolute atomic E-state index is 0.423. The number of aryl methyl sites for hydroxylation is 1. The molecule has 156 valence electrons. The summed E-state index contributed by atoms with van der Waals surface area (Å²) in [4.78, 5) is 14.5. The zero-order valence-corrected chi connectivity index (χ0v) is 18.9. The van der Waals surface area contributed by atoms with Gasteiger partial charge in [-0.25, -0.2) is 9.97 Å². The standard InChI is InChI=1S/C23H27N5S2/c1-2-3-4-20-7-8-21(30-20)15-28-11-9-17(10-12-28)22-16-29-23(27-22)26-19-6-5-18(13-24)25-14-19/h5-8,14,16-17H,2-4,9-12,15H2,1H3,(H,26,27). The van der Waals surface area contributed by atoms with Crippen LogP contribution >= 0.6 is 22.7 Å². The van der Waals surface area contributed by atoms with Crippen LogP contribution in [0.3, 0.4) is 0 Å². The summed E-state index contributed by atoms with van der Waals surface area (Å²) in [5.74, 6) is 0.538. The van der Waals surface area contributed by atoms with Crippen LogP contribution < -0.4 is 5.32 Å². The first-order valence-electron chi connectivity index (χ1n) is 10.6. The SMILES string of the molecule is CCCCc1ccc(CN2CCC(c3csc(Nc4ccc(C#N)nc4)n3)CC2)s1. The molecule has 0 atom stereocenters. The van der Waals surface area contributed by atoms with Crippen molar-refractivity contribution >= 4 is 33.5 Å². The summed E-state index contributed by atoms with van der Waals surface area (Å²) in [5.41, 5.74) is 2.48. The summed E-state index contributed by atoms with van der Waals surface area (Å²) in [6.45, 7) is 5.60. The second-order valence-corrected chi connectivity index (χ2v) is 9.88. The van der Waals surface area contributed by atoms with E-state index >= 15 is 0 Å². The molecule has 1 saturated heterocycles. The van der Waals surface area contributed by atoms with Crippen molar-refractivity contribution in [2.75, 3.05) is 18.4 Å². The number of nitrogens with zero attached hydrogens (tertiary/aromatic N) is 4. The lowest BCUT2D eigenvalue weighted by Crippen LogP contribution is -2.32. The van der Waals surface area contributed by atoms with Crippen LogP contribution in [0.25, 0.3) is 0 Å². The number of rotatable bonds is 8. The maximum absolute atomic E-state index is 8.85. The molecule has 0 unspecified atom stereocenters. The third kappa shape index (κ3) is 5.45. The fourth-order valence-electron chi connectivity index (χ4n) is 3.79. The van der Waals surface area contributed by atoms with Gasteiger partial charge in [0, 0.05) is 27.6 Å². The van der Waals surface area contributed by atoms with Crippen molar-refractivity contribution in [1.82, 2.24) is 14.9 Å². The highest BCUT2D eigenvalue weighted by atomic mass is 32.1. The summed E-state index contributed by atoms with van der Waals surface area (Å²) in [5, 5.41) is 15.2. The van der Waals surface area contributed by atoms with Gasteiger partial charge in [0.05, 0.1) is 17.6 Å². The molecule has 1 aliphatic heterocycles. The van der Waals surface area contributed by atoms with E-state index in [2.05, 4.69) is 39.6 Å². The van der Waals surface area contributed by atoms with Gasteiger partial charge in [-0.05, 0) is 63.0 Å². The van der Waals surface area contributed by atoms with Crippen LogP contribution in [0.2, 0.25) is 0 Å². The monoisotopic (exact) mass is 437 g/mol. The molecule has 0 aliphatic carbocycles. The van der Waals surface area contributed by atoms with Gasteiger partial charge in [-0.15, -0.1) is 22.7 Å². The molecule has 0 bridgehead atoms. The van der Waals surface area contributed by atoms with Crippen molar-refractivity contribution in [2.24, 2.45) is 0 Å². The van der Waals surface area contributed by atoms with Gasteiger partial charge in [0.25, 0.3) is 0 Å². The van der Waals surface area contributed by atoms with Crippen LogP contribution in [-0.2, 0) is 13.0 Å². The molecule has 0 spiro atoms. The Bertz CT molecular complexity index is 978. The number of piperidine rings is 1. The van der Waals surface area contributed by atoms with E-state index in [0.29, 0.717) is 11.6 Å². The number of hydrogen-bond acceptors (Lipinski definition) is 7. The predicted molar refractivity (Wildman–Crippen MR) is 125 cm³/mol. The number of hydrogen-bond donors (Lipinski definition) is 1. The molecular weight excluding hydrogens is 410 g/mol. The molecule has 3 aromatic heterocycles. The van der Waals surface area contributed by atoms with Gasteiger partial charge in [0.15, 0.2) is 5.13 Å². The number of thiophene rings is 1. The van der Waals surface area contributed by atoms with Gasteiger partial charge in [0.2, 0.25) is 0 Å². The highest BCUT2D eigenvalue weighted by molar-refractivity contribution is 7.13. The van der Waals surface area contributed by atoms with Gasteiger partial charge in [0.1, 0.15) is 11.8 Å². The minimum Gasteiger partial charge on any atom is -0.330 e. The average molecular weight is 438 g/mol.